The van der Waals surface area contributed by atoms with Crippen molar-refractivity contribution in [2.24, 2.45) is 0 Å². The van der Waals surface area contributed by atoms with E-state index in [0.717, 1.165) is 11.1 Å². The van der Waals surface area contributed by atoms with Gasteiger partial charge in [0.15, 0.2) is 8.07 Å². The molecule has 0 aliphatic rings. The van der Waals surface area contributed by atoms with Gasteiger partial charge >= 0.3 is 0 Å². The Morgan fingerprint density at radius 3 is 0.891 bits per heavy atom. The highest BCUT2D eigenvalue weighted by Crippen LogP contribution is 2.39. The van der Waals surface area contributed by atoms with Gasteiger partial charge in [-0.3, -0.25) is 0 Å². The van der Waals surface area contributed by atoms with Crippen molar-refractivity contribution in [2.75, 3.05) is 0 Å². The molecule has 0 aromatic heterocycles. The second-order valence-corrected chi connectivity index (χ2v) is 17.9. The summed E-state index contributed by atoms with van der Waals surface area (Å²) in [6.07, 6.45) is 0. The van der Waals surface area contributed by atoms with Crippen LogP contribution in [0.3, 0.4) is 0 Å². The van der Waals surface area contributed by atoms with Crippen LogP contribution in [0.4, 0.5) is 0 Å². The molecule has 0 saturated heterocycles. The maximum absolute atomic E-state index is 3.85. The third-order valence-electron chi connectivity index (χ3n) is 11.2. The molecule has 0 aliphatic heterocycles. The number of hydrogen-bond donors (Lipinski definition) is 0. The van der Waals surface area contributed by atoms with E-state index in [1.54, 1.807) is 0 Å². The van der Waals surface area contributed by atoms with Crippen LogP contribution >= 0.6 is 0 Å². The van der Waals surface area contributed by atoms with Crippen LogP contribution in [-0.4, -0.2) is 8.07 Å². The van der Waals surface area contributed by atoms with Gasteiger partial charge in [-0.1, -0.05) is 230 Å². The fourth-order valence-electron chi connectivity index (χ4n) is 8.97. The molecule has 0 spiro atoms. The average molecular weight is 713 g/mol. The summed E-state index contributed by atoms with van der Waals surface area (Å²) in [5.74, 6) is 7.68. The lowest BCUT2D eigenvalue weighted by molar-refractivity contribution is 1.66. The Bertz CT molecular complexity index is 2850. The quantitative estimate of drug-likeness (QED) is 0.0721. The van der Waals surface area contributed by atoms with E-state index in [9.17, 15) is 0 Å². The molecule has 10 aromatic rings. The normalized spacial score (nSPS) is 11.5. The van der Waals surface area contributed by atoms with Gasteiger partial charge in [-0.2, -0.15) is 0 Å². The Morgan fingerprint density at radius 1 is 0.255 bits per heavy atom. The van der Waals surface area contributed by atoms with Crippen molar-refractivity contribution in [3.8, 4) is 23.0 Å². The summed E-state index contributed by atoms with van der Waals surface area (Å²) in [6, 6.07) is 79.9. The third-order valence-corrected chi connectivity index (χ3v) is 16.1. The van der Waals surface area contributed by atoms with E-state index in [0.29, 0.717) is 0 Å². The topological polar surface area (TPSA) is 0 Å². The summed E-state index contributed by atoms with van der Waals surface area (Å²) in [5, 5.41) is 15.1. The van der Waals surface area contributed by atoms with E-state index in [-0.39, 0.29) is 0 Å². The fourth-order valence-corrected chi connectivity index (χ4v) is 14.2. The standard InChI is InChI=1S/C54H36Si/c1-5-21-39(22-6-1)53-49-33-17-13-29-43(49)47(44-30-14-18-34-50(44)53)37-38-48-45-31-15-19-35-51(45)54(52-36-20-16-32-46(48)52)55(40-23-7-2-8-24-40,41-25-9-3-10-26-41)42-27-11-4-12-28-42/h1-36H. The Balaban J connectivity index is 1.32. The lowest BCUT2D eigenvalue weighted by atomic mass is 9.88. The van der Waals surface area contributed by atoms with Crippen molar-refractivity contribution in [3.05, 3.63) is 230 Å². The van der Waals surface area contributed by atoms with Crippen molar-refractivity contribution in [2.45, 2.75) is 0 Å². The summed E-state index contributed by atoms with van der Waals surface area (Å²) in [5.41, 5.74) is 4.59. The highest BCUT2D eigenvalue weighted by molar-refractivity contribution is 7.21. The molecule has 0 atom stereocenters. The molecule has 10 rings (SSSR count). The van der Waals surface area contributed by atoms with Gasteiger partial charge in [0, 0.05) is 11.1 Å². The molecule has 10 aromatic carbocycles. The van der Waals surface area contributed by atoms with Crippen molar-refractivity contribution in [1.29, 1.82) is 0 Å². The first-order valence-electron chi connectivity index (χ1n) is 19.0. The van der Waals surface area contributed by atoms with E-state index in [4.69, 9.17) is 0 Å². The predicted molar refractivity (Wildman–Crippen MR) is 238 cm³/mol. The Labute approximate surface area is 323 Å². The van der Waals surface area contributed by atoms with Crippen molar-refractivity contribution < 1.29 is 0 Å². The number of benzene rings is 10. The molecule has 0 N–H and O–H groups in total. The highest BCUT2D eigenvalue weighted by atomic mass is 28.3. The lowest BCUT2D eigenvalue weighted by Crippen LogP contribution is -2.75. The van der Waals surface area contributed by atoms with Gasteiger partial charge in [-0.15, -0.1) is 0 Å². The molecule has 0 bridgehead atoms. The zero-order valence-corrected chi connectivity index (χ0v) is 31.3. The second kappa shape index (κ2) is 13.8. The number of rotatable bonds is 5. The van der Waals surface area contributed by atoms with Gasteiger partial charge in [0.1, 0.15) is 0 Å². The molecular weight excluding hydrogens is 677 g/mol. The van der Waals surface area contributed by atoms with Gasteiger partial charge in [0.2, 0.25) is 0 Å². The van der Waals surface area contributed by atoms with Crippen LogP contribution in [0.1, 0.15) is 11.1 Å². The van der Waals surface area contributed by atoms with Crippen LogP contribution in [0.15, 0.2) is 218 Å². The summed E-state index contributed by atoms with van der Waals surface area (Å²) in [6.45, 7) is 0. The predicted octanol–water partition coefficient (Wildman–Crippen LogP) is 10.7. The van der Waals surface area contributed by atoms with Crippen LogP contribution in [0.5, 0.6) is 0 Å². The SMILES string of the molecule is C(#Cc1c2ccccc2c([Si](c2ccccc2)(c2ccccc2)c2ccccc2)c2ccccc12)c1c2ccccc2c(-c2ccccc2)c2ccccc12. The first-order chi connectivity index (χ1) is 27.3. The second-order valence-electron chi connectivity index (χ2n) is 14.1. The van der Waals surface area contributed by atoms with E-state index in [1.165, 1.54) is 75.0 Å². The first-order valence-corrected chi connectivity index (χ1v) is 21.0. The largest absolute Gasteiger partial charge is 0.180 e. The molecule has 0 amide bonds. The van der Waals surface area contributed by atoms with E-state index in [2.05, 4.69) is 230 Å². The smallest absolute Gasteiger partial charge is 0.0623 e. The third kappa shape index (κ3) is 5.31. The Kier molecular flexibility index (Phi) is 8.18. The highest BCUT2D eigenvalue weighted by Gasteiger charge is 2.43. The van der Waals surface area contributed by atoms with Crippen molar-refractivity contribution >= 4 is 71.9 Å². The van der Waals surface area contributed by atoms with Crippen molar-refractivity contribution in [1.82, 2.24) is 0 Å². The minimum atomic E-state index is -2.90. The molecule has 0 fully saturated rings. The summed E-state index contributed by atoms with van der Waals surface area (Å²) >= 11 is 0. The number of fused-ring (bicyclic) bond motifs is 4. The minimum absolute atomic E-state index is 1.06. The summed E-state index contributed by atoms with van der Waals surface area (Å²) in [7, 11) is -2.90. The van der Waals surface area contributed by atoms with E-state index in [1.807, 2.05) is 0 Å². The molecule has 0 unspecified atom stereocenters. The zero-order valence-electron chi connectivity index (χ0n) is 30.3. The molecule has 0 radical (unpaired) electrons. The van der Waals surface area contributed by atoms with Crippen LogP contribution in [-0.2, 0) is 0 Å². The maximum atomic E-state index is 3.85. The van der Waals surface area contributed by atoms with Gasteiger partial charge in [-0.25, -0.2) is 0 Å². The molecule has 0 saturated carbocycles. The maximum Gasteiger partial charge on any atom is 0.180 e. The van der Waals surface area contributed by atoms with Crippen LogP contribution in [0.2, 0.25) is 0 Å². The molecular formula is C54H36Si. The van der Waals surface area contributed by atoms with Gasteiger partial charge in [-0.05, 0) is 75.0 Å². The monoisotopic (exact) mass is 712 g/mol. The van der Waals surface area contributed by atoms with E-state index >= 15 is 0 Å². The van der Waals surface area contributed by atoms with Gasteiger partial charge < -0.3 is 0 Å². The van der Waals surface area contributed by atoms with Crippen LogP contribution in [0, 0.1) is 11.8 Å². The molecule has 0 heterocycles. The minimum Gasteiger partial charge on any atom is -0.0623 e. The Morgan fingerprint density at radius 2 is 0.527 bits per heavy atom. The van der Waals surface area contributed by atoms with Gasteiger partial charge in [0.05, 0.1) is 0 Å². The van der Waals surface area contributed by atoms with Crippen molar-refractivity contribution in [3.63, 3.8) is 0 Å². The average Bonchev–Trinajstić information content (AvgIpc) is 3.27. The van der Waals surface area contributed by atoms with Crippen LogP contribution in [0.25, 0.3) is 54.2 Å². The first kappa shape index (κ1) is 32.7. The molecule has 1 heteroatoms. The summed E-state index contributed by atoms with van der Waals surface area (Å²) in [4.78, 5) is 0. The summed E-state index contributed by atoms with van der Waals surface area (Å²) < 4.78 is 0. The fraction of sp³-hybridized carbons (Fsp3) is 0. The molecule has 256 valence electrons. The lowest BCUT2D eigenvalue weighted by Gasteiger charge is -2.36. The number of hydrogen-bond acceptors (Lipinski definition) is 0. The zero-order chi connectivity index (χ0) is 36.6. The van der Waals surface area contributed by atoms with E-state index < -0.39 is 8.07 Å². The molecule has 55 heavy (non-hydrogen) atoms. The Hall–Kier alpha value is -6.98. The molecule has 0 nitrogen and oxygen atoms in total. The molecule has 0 aliphatic carbocycles. The van der Waals surface area contributed by atoms with Gasteiger partial charge in [0.25, 0.3) is 0 Å². The van der Waals surface area contributed by atoms with Crippen LogP contribution < -0.4 is 20.7 Å².